The molecule has 0 radical (unpaired) electrons. The minimum absolute atomic E-state index is 0.369. The molecular weight excluding hydrogens is 324 g/mol. The van der Waals surface area contributed by atoms with Crippen LogP contribution in [0, 0.1) is 17.8 Å². The van der Waals surface area contributed by atoms with Gasteiger partial charge >= 0.3 is 0 Å². The molecule has 1 saturated heterocycles. The van der Waals surface area contributed by atoms with Crippen LogP contribution in [0.1, 0.15) is 44.6 Å². The van der Waals surface area contributed by atoms with Gasteiger partial charge in [-0.3, -0.25) is 4.79 Å². The second kappa shape index (κ2) is 7.59. The van der Waals surface area contributed by atoms with E-state index in [1.54, 1.807) is 7.11 Å². The summed E-state index contributed by atoms with van der Waals surface area (Å²) in [5.74, 6) is 3.19. The van der Waals surface area contributed by atoms with E-state index in [2.05, 4.69) is 29.3 Å². The number of hydrogen-bond donors (Lipinski definition) is 1. The molecule has 1 aliphatic heterocycles. The van der Waals surface area contributed by atoms with Crippen molar-refractivity contribution in [2.75, 3.05) is 20.2 Å². The number of benzene rings is 1. The smallest absolute Gasteiger partial charge is 0.223 e. The van der Waals surface area contributed by atoms with E-state index in [1.165, 1.54) is 31.2 Å². The largest absolute Gasteiger partial charge is 0.497 e. The van der Waals surface area contributed by atoms with E-state index in [0.29, 0.717) is 29.7 Å². The zero-order valence-electron chi connectivity index (χ0n) is 16.1. The van der Waals surface area contributed by atoms with Gasteiger partial charge in [0, 0.05) is 25.0 Å². The maximum Gasteiger partial charge on any atom is 0.223 e. The monoisotopic (exact) mass is 356 g/mol. The first kappa shape index (κ1) is 17.8. The number of ether oxygens (including phenoxy) is 1. The zero-order chi connectivity index (χ0) is 18.1. The van der Waals surface area contributed by atoms with E-state index in [4.69, 9.17) is 4.74 Å². The van der Waals surface area contributed by atoms with E-state index in [-0.39, 0.29) is 0 Å². The van der Waals surface area contributed by atoms with Crippen molar-refractivity contribution in [3.63, 3.8) is 0 Å². The number of methoxy groups -OCH3 is 1. The highest BCUT2D eigenvalue weighted by atomic mass is 16.5. The SMILES string of the molecule is COc1ccc(CCN2C(=O)C[C@H]3[C@H](CNC4CCC4)[C@@H](C)C[C@H]32)cc1. The molecule has 1 amide bonds. The van der Waals surface area contributed by atoms with E-state index in [9.17, 15) is 4.79 Å². The Morgan fingerprint density at radius 1 is 1.23 bits per heavy atom. The number of nitrogens with zero attached hydrogens (tertiary/aromatic N) is 1. The molecule has 0 aromatic heterocycles. The molecule has 4 rings (SSSR count). The van der Waals surface area contributed by atoms with E-state index in [1.807, 2.05) is 12.1 Å². The molecule has 3 fully saturated rings. The lowest BCUT2D eigenvalue weighted by atomic mass is 9.87. The Hall–Kier alpha value is -1.55. The normalized spacial score (nSPS) is 31.2. The van der Waals surface area contributed by atoms with Crippen molar-refractivity contribution >= 4 is 5.91 Å². The molecule has 2 aliphatic carbocycles. The Balaban J connectivity index is 1.34. The summed E-state index contributed by atoms with van der Waals surface area (Å²) >= 11 is 0. The first-order valence-electron chi connectivity index (χ1n) is 10.3. The number of likely N-dealkylation sites (tertiary alicyclic amines) is 1. The Morgan fingerprint density at radius 3 is 2.65 bits per heavy atom. The lowest BCUT2D eigenvalue weighted by molar-refractivity contribution is -0.129. The predicted octanol–water partition coefficient (Wildman–Crippen LogP) is 3.25. The quantitative estimate of drug-likeness (QED) is 0.815. The van der Waals surface area contributed by atoms with Gasteiger partial charge in [-0.2, -0.15) is 0 Å². The van der Waals surface area contributed by atoms with Crippen LogP contribution in [0.25, 0.3) is 0 Å². The topological polar surface area (TPSA) is 41.6 Å². The molecule has 2 saturated carbocycles. The average molecular weight is 357 g/mol. The maximum atomic E-state index is 12.7. The van der Waals surface area contributed by atoms with Crippen LogP contribution in [0.4, 0.5) is 0 Å². The molecule has 0 unspecified atom stereocenters. The lowest BCUT2D eigenvalue weighted by Gasteiger charge is -2.30. The summed E-state index contributed by atoms with van der Waals surface area (Å²) in [5, 5.41) is 3.76. The van der Waals surface area contributed by atoms with Gasteiger partial charge in [-0.1, -0.05) is 25.5 Å². The van der Waals surface area contributed by atoms with Gasteiger partial charge in [0.25, 0.3) is 0 Å². The molecule has 4 nitrogen and oxygen atoms in total. The molecular formula is C22H32N2O2. The predicted molar refractivity (Wildman–Crippen MR) is 103 cm³/mol. The molecule has 4 atom stereocenters. The molecule has 1 aromatic carbocycles. The van der Waals surface area contributed by atoms with Gasteiger partial charge in [0.2, 0.25) is 5.91 Å². The van der Waals surface area contributed by atoms with Gasteiger partial charge in [0.1, 0.15) is 5.75 Å². The molecule has 0 bridgehead atoms. The molecule has 26 heavy (non-hydrogen) atoms. The molecule has 0 spiro atoms. The first-order chi connectivity index (χ1) is 12.7. The fourth-order valence-electron chi connectivity index (χ4n) is 5.19. The van der Waals surface area contributed by atoms with Crippen LogP contribution >= 0.6 is 0 Å². The molecule has 142 valence electrons. The van der Waals surface area contributed by atoms with Crippen LogP contribution < -0.4 is 10.1 Å². The van der Waals surface area contributed by atoms with Crippen molar-refractivity contribution in [2.24, 2.45) is 17.8 Å². The summed E-state index contributed by atoms with van der Waals surface area (Å²) in [4.78, 5) is 14.8. The summed E-state index contributed by atoms with van der Waals surface area (Å²) in [7, 11) is 1.69. The third-order valence-electron chi connectivity index (χ3n) is 7.07. The van der Waals surface area contributed by atoms with E-state index in [0.717, 1.165) is 37.7 Å². The van der Waals surface area contributed by atoms with Crippen molar-refractivity contribution in [2.45, 2.75) is 57.5 Å². The highest BCUT2D eigenvalue weighted by Gasteiger charge is 2.50. The molecule has 1 heterocycles. The fourth-order valence-corrected chi connectivity index (χ4v) is 5.19. The van der Waals surface area contributed by atoms with Crippen LogP contribution in [0.3, 0.4) is 0 Å². The maximum absolute atomic E-state index is 12.7. The highest BCUT2D eigenvalue weighted by molar-refractivity contribution is 5.79. The van der Waals surface area contributed by atoms with Crippen molar-refractivity contribution in [1.29, 1.82) is 0 Å². The average Bonchev–Trinajstić information content (AvgIpc) is 3.06. The number of carbonyl (C=O) groups excluding carboxylic acids is 1. The molecule has 4 heteroatoms. The molecule has 1 N–H and O–H groups in total. The number of hydrogen-bond acceptors (Lipinski definition) is 3. The van der Waals surface area contributed by atoms with Crippen LogP contribution in [0.2, 0.25) is 0 Å². The number of carbonyl (C=O) groups is 1. The fraction of sp³-hybridized carbons (Fsp3) is 0.682. The van der Waals surface area contributed by atoms with E-state index < -0.39 is 0 Å². The Bertz CT molecular complexity index is 626. The second-order valence-electron chi connectivity index (χ2n) is 8.53. The number of rotatable bonds is 7. The van der Waals surface area contributed by atoms with Gasteiger partial charge in [-0.05, 0) is 67.7 Å². The van der Waals surface area contributed by atoms with Crippen LogP contribution in [-0.2, 0) is 11.2 Å². The highest BCUT2D eigenvalue weighted by Crippen LogP contribution is 2.46. The molecule has 3 aliphatic rings. The minimum atomic E-state index is 0.369. The van der Waals surface area contributed by atoms with Crippen LogP contribution in [-0.4, -0.2) is 43.1 Å². The molecule has 1 aromatic rings. The third-order valence-corrected chi connectivity index (χ3v) is 7.07. The summed E-state index contributed by atoms with van der Waals surface area (Å²) < 4.78 is 5.23. The summed E-state index contributed by atoms with van der Waals surface area (Å²) in [5.41, 5.74) is 1.27. The standard InChI is InChI=1S/C22H32N2O2/c1-15-12-21-19(20(15)14-23-17-4-3-5-17)13-22(25)24(21)11-10-16-6-8-18(26-2)9-7-16/h6-9,15,17,19-21,23H,3-5,10-14H2,1-2H3/t15-,19-,20+,21+/m0/s1. The Morgan fingerprint density at radius 2 is 2.00 bits per heavy atom. The Labute approximate surface area is 157 Å². The zero-order valence-corrected chi connectivity index (χ0v) is 16.1. The Kier molecular flexibility index (Phi) is 5.21. The van der Waals surface area contributed by atoms with Gasteiger partial charge in [-0.25, -0.2) is 0 Å². The van der Waals surface area contributed by atoms with Gasteiger partial charge in [0.05, 0.1) is 7.11 Å². The number of fused-ring (bicyclic) bond motifs is 1. The lowest BCUT2D eigenvalue weighted by Crippen LogP contribution is -2.40. The number of nitrogens with one attached hydrogen (secondary N) is 1. The third kappa shape index (κ3) is 3.48. The van der Waals surface area contributed by atoms with Gasteiger partial charge in [-0.15, -0.1) is 0 Å². The van der Waals surface area contributed by atoms with Crippen LogP contribution in [0.5, 0.6) is 5.75 Å². The van der Waals surface area contributed by atoms with Gasteiger partial charge in [0.15, 0.2) is 0 Å². The number of amides is 1. The van der Waals surface area contributed by atoms with Gasteiger partial charge < -0.3 is 15.0 Å². The van der Waals surface area contributed by atoms with Crippen molar-refractivity contribution < 1.29 is 9.53 Å². The summed E-state index contributed by atoms with van der Waals surface area (Å²) in [6.07, 6.45) is 6.91. The van der Waals surface area contributed by atoms with Crippen LogP contribution in [0.15, 0.2) is 24.3 Å². The summed E-state index contributed by atoms with van der Waals surface area (Å²) in [6, 6.07) is 9.43. The second-order valence-corrected chi connectivity index (χ2v) is 8.53. The van der Waals surface area contributed by atoms with Crippen molar-refractivity contribution in [3.8, 4) is 5.75 Å². The first-order valence-corrected chi connectivity index (χ1v) is 10.3. The van der Waals surface area contributed by atoms with Crippen molar-refractivity contribution in [3.05, 3.63) is 29.8 Å². The summed E-state index contributed by atoms with van der Waals surface area (Å²) in [6.45, 7) is 4.34. The van der Waals surface area contributed by atoms with Crippen molar-refractivity contribution in [1.82, 2.24) is 10.2 Å². The van der Waals surface area contributed by atoms with E-state index >= 15 is 0 Å². The minimum Gasteiger partial charge on any atom is -0.497 e.